The molecule has 0 aromatic heterocycles. The van der Waals surface area contributed by atoms with Gasteiger partial charge in [0.2, 0.25) is 5.91 Å². The van der Waals surface area contributed by atoms with Crippen LogP contribution >= 0.6 is 11.6 Å². The highest BCUT2D eigenvalue weighted by Gasteiger charge is 2.34. The van der Waals surface area contributed by atoms with Gasteiger partial charge >= 0.3 is 0 Å². The van der Waals surface area contributed by atoms with Crippen LogP contribution in [0.15, 0.2) is 18.2 Å². The molecule has 1 saturated carbocycles. The van der Waals surface area contributed by atoms with Gasteiger partial charge in [0, 0.05) is 16.6 Å². The molecule has 1 aromatic carbocycles. The van der Waals surface area contributed by atoms with Crippen LogP contribution in [0.1, 0.15) is 24.8 Å². The van der Waals surface area contributed by atoms with Crippen molar-refractivity contribution in [2.75, 3.05) is 13.2 Å². The van der Waals surface area contributed by atoms with Crippen LogP contribution in [0.5, 0.6) is 0 Å². The molecular weight excluding hydrogens is 309 g/mol. The molecule has 3 atom stereocenters. The van der Waals surface area contributed by atoms with Gasteiger partial charge in [0.1, 0.15) is 5.82 Å². The predicted octanol–water partition coefficient (Wildman–Crippen LogP) is 2.47. The van der Waals surface area contributed by atoms with Crippen molar-refractivity contribution in [1.29, 1.82) is 0 Å². The van der Waals surface area contributed by atoms with E-state index in [4.69, 9.17) is 21.1 Å². The summed E-state index contributed by atoms with van der Waals surface area (Å²) in [5, 5.41) is 3.24. The molecule has 4 nitrogen and oxygen atoms in total. The van der Waals surface area contributed by atoms with Crippen LogP contribution < -0.4 is 5.32 Å². The van der Waals surface area contributed by atoms with Crippen molar-refractivity contribution in [2.45, 2.75) is 43.9 Å². The molecule has 1 heterocycles. The second-order valence-electron chi connectivity index (χ2n) is 5.77. The first-order valence-electron chi connectivity index (χ1n) is 7.59. The first-order valence-corrected chi connectivity index (χ1v) is 7.96. The number of hydrogen-bond donors (Lipinski definition) is 1. The van der Waals surface area contributed by atoms with Gasteiger partial charge in [0.25, 0.3) is 0 Å². The first kappa shape index (κ1) is 15.7. The predicted molar refractivity (Wildman–Crippen MR) is 80.4 cm³/mol. The fourth-order valence-corrected chi connectivity index (χ4v) is 3.37. The Bertz CT molecular complexity index is 534. The zero-order valence-electron chi connectivity index (χ0n) is 12.2. The fourth-order valence-electron chi connectivity index (χ4n) is 3.14. The maximum atomic E-state index is 13.7. The average Bonchev–Trinajstić information content (AvgIpc) is 2.51. The number of ether oxygens (including phenoxy) is 2. The molecule has 1 aliphatic heterocycles. The Morgan fingerprint density at radius 3 is 2.82 bits per heavy atom. The fraction of sp³-hybridized carbons (Fsp3) is 0.562. The summed E-state index contributed by atoms with van der Waals surface area (Å²) in [5.41, 5.74) is 0.243. The standard InChI is InChI=1S/C16H19ClFNO3/c17-12-2-1-3-13(18)11(12)9-16(20)19-10-4-5-14-15(8-10)22-7-6-21-14/h1-3,10,14-15H,4-9H2,(H,19,20)/t10-,14+,15-/m1/s1. The monoisotopic (exact) mass is 327 g/mol. The maximum absolute atomic E-state index is 13.7. The molecule has 1 aliphatic carbocycles. The molecule has 0 radical (unpaired) electrons. The van der Waals surface area contributed by atoms with Gasteiger partial charge in [-0.25, -0.2) is 4.39 Å². The van der Waals surface area contributed by atoms with E-state index in [2.05, 4.69) is 5.32 Å². The summed E-state index contributed by atoms with van der Waals surface area (Å²) < 4.78 is 25.1. The van der Waals surface area contributed by atoms with E-state index in [1.54, 1.807) is 6.07 Å². The Morgan fingerprint density at radius 1 is 1.27 bits per heavy atom. The summed E-state index contributed by atoms with van der Waals surface area (Å²) in [6.45, 7) is 1.25. The number of amides is 1. The molecule has 0 unspecified atom stereocenters. The topological polar surface area (TPSA) is 47.6 Å². The van der Waals surface area contributed by atoms with Crippen LogP contribution in [0.25, 0.3) is 0 Å². The number of nitrogens with one attached hydrogen (secondary N) is 1. The Morgan fingerprint density at radius 2 is 2.05 bits per heavy atom. The van der Waals surface area contributed by atoms with Crippen LogP contribution in [-0.2, 0) is 20.7 Å². The molecule has 2 fully saturated rings. The molecular formula is C16H19ClFNO3. The lowest BCUT2D eigenvalue weighted by Crippen LogP contribution is -2.49. The van der Waals surface area contributed by atoms with Crippen LogP contribution in [0, 0.1) is 5.82 Å². The van der Waals surface area contributed by atoms with Crippen molar-refractivity contribution >= 4 is 17.5 Å². The molecule has 2 aliphatic rings. The molecule has 0 bridgehead atoms. The highest BCUT2D eigenvalue weighted by Crippen LogP contribution is 2.27. The lowest BCUT2D eigenvalue weighted by Gasteiger charge is -2.39. The molecule has 1 N–H and O–H groups in total. The molecule has 0 spiro atoms. The summed E-state index contributed by atoms with van der Waals surface area (Å²) in [4.78, 5) is 12.1. The third-order valence-corrected chi connectivity index (χ3v) is 4.60. The van der Waals surface area contributed by atoms with E-state index in [0.29, 0.717) is 13.2 Å². The lowest BCUT2D eigenvalue weighted by atomic mass is 9.89. The van der Waals surface area contributed by atoms with Crippen molar-refractivity contribution in [3.8, 4) is 0 Å². The second kappa shape index (κ2) is 6.94. The van der Waals surface area contributed by atoms with E-state index < -0.39 is 5.82 Å². The number of halogens is 2. The highest BCUT2D eigenvalue weighted by molar-refractivity contribution is 6.31. The van der Waals surface area contributed by atoms with Crippen molar-refractivity contribution < 1.29 is 18.7 Å². The van der Waals surface area contributed by atoms with Gasteiger partial charge < -0.3 is 14.8 Å². The van der Waals surface area contributed by atoms with E-state index in [1.807, 2.05) is 0 Å². The third-order valence-electron chi connectivity index (χ3n) is 4.24. The van der Waals surface area contributed by atoms with Crippen LogP contribution in [0.2, 0.25) is 5.02 Å². The maximum Gasteiger partial charge on any atom is 0.224 e. The molecule has 6 heteroatoms. The van der Waals surface area contributed by atoms with Crippen molar-refractivity contribution in [3.05, 3.63) is 34.6 Å². The van der Waals surface area contributed by atoms with E-state index in [0.717, 1.165) is 19.3 Å². The second-order valence-corrected chi connectivity index (χ2v) is 6.18. The Kier molecular flexibility index (Phi) is 4.96. The van der Waals surface area contributed by atoms with Crippen molar-refractivity contribution in [2.24, 2.45) is 0 Å². The quantitative estimate of drug-likeness (QED) is 0.927. The molecule has 1 amide bonds. The van der Waals surface area contributed by atoms with Crippen molar-refractivity contribution in [3.63, 3.8) is 0 Å². The van der Waals surface area contributed by atoms with Gasteiger partial charge in [-0.15, -0.1) is 0 Å². The van der Waals surface area contributed by atoms with Crippen LogP contribution in [0.3, 0.4) is 0 Å². The SMILES string of the molecule is O=C(Cc1c(F)cccc1Cl)N[C@@H]1CC[C@@H]2OCCO[C@@H]2C1. The minimum absolute atomic E-state index is 0.0426. The highest BCUT2D eigenvalue weighted by atomic mass is 35.5. The number of hydrogen-bond acceptors (Lipinski definition) is 3. The molecule has 3 rings (SSSR count). The average molecular weight is 328 g/mol. The smallest absolute Gasteiger partial charge is 0.224 e. The largest absolute Gasteiger partial charge is 0.373 e. The summed E-state index contributed by atoms with van der Waals surface area (Å²) in [6.07, 6.45) is 2.60. The molecule has 22 heavy (non-hydrogen) atoms. The minimum Gasteiger partial charge on any atom is -0.373 e. The summed E-state index contributed by atoms with van der Waals surface area (Å²) >= 11 is 5.95. The lowest BCUT2D eigenvalue weighted by molar-refractivity contribution is -0.158. The van der Waals surface area contributed by atoms with Gasteiger partial charge in [0.15, 0.2) is 0 Å². The van der Waals surface area contributed by atoms with Gasteiger partial charge in [-0.1, -0.05) is 17.7 Å². The van der Waals surface area contributed by atoms with Gasteiger partial charge in [-0.05, 0) is 31.4 Å². The summed E-state index contributed by atoms with van der Waals surface area (Å²) in [7, 11) is 0. The first-order chi connectivity index (χ1) is 10.6. The zero-order valence-corrected chi connectivity index (χ0v) is 12.9. The number of benzene rings is 1. The summed E-state index contributed by atoms with van der Waals surface area (Å²) in [5.74, 6) is -0.664. The Hall–Kier alpha value is -1.17. The van der Waals surface area contributed by atoms with Crippen LogP contribution in [-0.4, -0.2) is 37.4 Å². The van der Waals surface area contributed by atoms with E-state index in [9.17, 15) is 9.18 Å². The third kappa shape index (κ3) is 3.59. The van der Waals surface area contributed by atoms with E-state index in [1.165, 1.54) is 12.1 Å². The Labute approximate surface area is 133 Å². The van der Waals surface area contributed by atoms with Gasteiger partial charge in [-0.3, -0.25) is 4.79 Å². The van der Waals surface area contributed by atoms with Gasteiger partial charge in [0.05, 0.1) is 31.8 Å². The normalized spacial score (nSPS) is 28.0. The number of carbonyl (C=O) groups is 1. The Balaban J connectivity index is 1.56. The van der Waals surface area contributed by atoms with Crippen LogP contribution in [0.4, 0.5) is 4.39 Å². The van der Waals surface area contributed by atoms with E-state index >= 15 is 0 Å². The van der Waals surface area contributed by atoms with E-state index in [-0.39, 0.29) is 41.2 Å². The minimum atomic E-state index is -0.449. The molecule has 1 aromatic rings. The zero-order chi connectivity index (χ0) is 15.5. The molecule has 1 saturated heterocycles. The van der Waals surface area contributed by atoms with Crippen molar-refractivity contribution in [1.82, 2.24) is 5.32 Å². The number of rotatable bonds is 3. The number of fused-ring (bicyclic) bond motifs is 1. The molecule has 120 valence electrons. The summed E-state index contributed by atoms with van der Waals surface area (Å²) in [6, 6.07) is 4.47. The number of carbonyl (C=O) groups excluding carboxylic acids is 1. The van der Waals surface area contributed by atoms with Gasteiger partial charge in [-0.2, -0.15) is 0 Å².